The van der Waals surface area contributed by atoms with Gasteiger partial charge in [0.15, 0.2) is 0 Å². The summed E-state index contributed by atoms with van der Waals surface area (Å²) >= 11 is 0. The third kappa shape index (κ3) is 3.79. The molecule has 0 aliphatic carbocycles. The minimum absolute atomic E-state index is 0.193. The van der Waals surface area contributed by atoms with E-state index >= 15 is 0 Å². The van der Waals surface area contributed by atoms with Crippen LogP contribution in [0.2, 0.25) is 0 Å². The Morgan fingerprint density at radius 1 is 1.29 bits per heavy atom. The highest BCUT2D eigenvalue weighted by molar-refractivity contribution is 5.81. The number of para-hydroxylation sites is 1. The molecule has 0 atom stereocenters. The first kappa shape index (κ1) is 15.4. The second-order valence-corrected chi connectivity index (χ2v) is 5.79. The van der Waals surface area contributed by atoms with Gasteiger partial charge in [-0.15, -0.1) is 0 Å². The van der Waals surface area contributed by atoms with Gasteiger partial charge in [0.1, 0.15) is 0 Å². The van der Waals surface area contributed by atoms with Gasteiger partial charge in [-0.05, 0) is 38.4 Å². The van der Waals surface area contributed by atoms with Gasteiger partial charge in [-0.1, -0.05) is 24.3 Å². The molecule has 4 nitrogen and oxygen atoms in total. The Morgan fingerprint density at radius 2 is 2.05 bits per heavy atom. The summed E-state index contributed by atoms with van der Waals surface area (Å²) in [7, 11) is 1.42. The number of pyridine rings is 1. The molecule has 1 aromatic carbocycles. The van der Waals surface area contributed by atoms with Crippen LogP contribution in [-0.4, -0.2) is 31.2 Å². The fraction of sp³-hybridized carbons (Fsp3) is 0.412. The van der Waals surface area contributed by atoms with Crippen LogP contribution in [0.5, 0.6) is 0 Å². The molecule has 0 aliphatic heterocycles. The van der Waals surface area contributed by atoms with E-state index in [1.165, 1.54) is 12.7 Å². The first-order chi connectivity index (χ1) is 10.0. The molecule has 1 heterocycles. The highest BCUT2D eigenvalue weighted by atomic mass is 16.5. The summed E-state index contributed by atoms with van der Waals surface area (Å²) < 4.78 is 4.80. The average molecular weight is 286 g/mol. The van der Waals surface area contributed by atoms with Gasteiger partial charge in [0.05, 0.1) is 18.0 Å². The van der Waals surface area contributed by atoms with Crippen molar-refractivity contribution in [2.45, 2.75) is 20.3 Å². The smallest absolute Gasteiger partial charge is 0.312 e. The third-order valence-corrected chi connectivity index (χ3v) is 3.59. The number of carbonyl (C=O) groups excluding carboxylic acids is 1. The number of methoxy groups -OCH3 is 1. The average Bonchev–Trinajstić information content (AvgIpc) is 2.50. The fourth-order valence-electron chi connectivity index (χ4n) is 2.34. The van der Waals surface area contributed by atoms with Gasteiger partial charge in [0.2, 0.25) is 0 Å². The molecule has 0 amide bonds. The van der Waals surface area contributed by atoms with Crippen LogP contribution in [0.15, 0.2) is 36.5 Å². The van der Waals surface area contributed by atoms with E-state index < -0.39 is 5.41 Å². The van der Waals surface area contributed by atoms with Crippen LogP contribution in [-0.2, 0) is 16.0 Å². The molecule has 0 fully saturated rings. The van der Waals surface area contributed by atoms with Gasteiger partial charge in [0.25, 0.3) is 0 Å². The Balaban J connectivity index is 1.93. The number of nitrogens with zero attached hydrogens (tertiary/aromatic N) is 1. The molecule has 0 saturated carbocycles. The molecule has 1 aromatic heterocycles. The van der Waals surface area contributed by atoms with E-state index in [1.54, 1.807) is 0 Å². The van der Waals surface area contributed by atoms with Gasteiger partial charge in [-0.3, -0.25) is 9.78 Å². The minimum Gasteiger partial charge on any atom is -0.469 e. The third-order valence-electron chi connectivity index (χ3n) is 3.59. The van der Waals surface area contributed by atoms with Crippen molar-refractivity contribution in [2.75, 3.05) is 20.2 Å². The zero-order valence-corrected chi connectivity index (χ0v) is 12.8. The first-order valence-electron chi connectivity index (χ1n) is 7.16. The van der Waals surface area contributed by atoms with Crippen molar-refractivity contribution in [3.8, 4) is 0 Å². The van der Waals surface area contributed by atoms with Crippen molar-refractivity contribution < 1.29 is 9.53 Å². The Bertz CT molecular complexity index is 618. The minimum atomic E-state index is -0.508. The monoisotopic (exact) mass is 286 g/mol. The predicted octanol–water partition coefficient (Wildman–Crippen LogP) is 2.57. The van der Waals surface area contributed by atoms with Crippen molar-refractivity contribution in [3.63, 3.8) is 0 Å². The molecule has 0 bridgehead atoms. The summed E-state index contributed by atoms with van der Waals surface area (Å²) in [6.45, 7) is 5.16. The second-order valence-electron chi connectivity index (χ2n) is 5.79. The summed E-state index contributed by atoms with van der Waals surface area (Å²) in [5, 5.41) is 4.48. The van der Waals surface area contributed by atoms with Crippen LogP contribution < -0.4 is 5.32 Å². The maximum Gasteiger partial charge on any atom is 0.312 e. The van der Waals surface area contributed by atoms with Crippen molar-refractivity contribution in [1.82, 2.24) is 10.3 Å². The van der Waals surface area contributed by atoms with Gasteiger partial charge < -0.3 is 10.1 Å². The SMILES string of the molecule is COC(=O)C(C)(C)CNCCc1cccc2cccnc12. The maximum atomic E-state index is 11.6. The van der Waals surface area contributed by atoms with Crippen LogP contribution in [0.25, 0.3) is 10.9 Å². The van der Waals surface area contributed by atoms with Gasteiger partial charge in [-0.2, -0.15) is 0 Å². The molecule has 2 aromatic rings. The number of benzene rings is 1. The zero-order valence-electron chi connectivity index (χ0n) is 12.8. The number of hydrogen-bond acceptors (Lipinski definition) is 4. The standard InChI is InChI=1S/C17H22N2O2/c1-17(2,16(20)21-3)12-18-11-9-14-7-4-6-13-8-5-10-19-15(13)14/h4-8,10,18H,9,11-12H2,1-3H3. The molecule has 0 aliphatic rings. The Hall–Kier alpha value is -1.94. The molecule has 2 rings (SSSR count). The summed E-state index contributed by atoms with van der Waals surface area (Å²) in [6, 6.07) is 10.2. The quantitative estimate of drug-likeness (QED) is 0.655. The van der Waals surface area contributed by atoms with Crippen LogP contribution in [0.1, 0.15) is 19.4 Å². The van der Waals surface area contributed by atoms with Crippen LogP contribution >= 0.6 is 0 Å². The topological polar surface area (TPSA) is 51.2 Å². The van der Waals surface area contributed by atoms with Gasteiger partial charge in [-0.25, -0.2) is 0 Å². The highest BCUT2D eigenvalue weighted by Gasteiger charge is 2.27. The molecular weight excluding hydrogens is 264 g/mol. The fourth-order valence-corrected chi connectivity index (χ4v) is 2.34. The maximum absolute atomic E-state index is 11.6. The van der Waals surface area contributed by atoms with Crippen molar-refractivity contribution in [3.05, 3.63) is 42.1 Å². The lowest BCUT2D eigenvalue weighted by molar-refractivity contribution is -0.150. The van der Waals surface area contributed by atoms with E-state index in [1.807, 2.05) is 26.1 Å². The lowest BCUT2D eigenvalue weighted by atomic mass is 9.93. The number of hydrogen-bond donors (Lipinski definition) is 1. The molecule has 0 radical (unpaired) electrons. The zero-order chi connectivity index (χ0) is 15.3. The molecular formula is C17H22N2O2. The molecule has 112 valence electrons. The number of carbonyl (C=O) groups is 1. The molecule has 1 N–H and O–H groups in total. The number of aromatic nitrogens is 1. The summed E-state index contributed by atoms with van der Waals surface area (Å²) in [4.78, 5) is 16.0. The molecule has 0 unspecified atom stereocenters. The van der Waals surface area contributed by atoms with Crippen molar-refractivity contribution >= 4 is 16.9 Å². The normalized spacial score (nSPS) is 11.6. The van der Waals surface area contributed by atoms with Gasteiger partial charge in [0, 0.05) is 18.1 Å². The molecule has 0 saturated heterocycles. The highest BCUT2D eigenvalue weighted by Crippen LogP contribution is 2.17. The Morgan fingerprint density at radius 3 is 2.81 bits per heavy atom. The van der Waals surface area contributed by atoms with Crippen LogP contribution in [0.4, 0.5) is 0 Å². The lowest BCUT2D eigenvalue weighted by Gasteiger charge is -2.21. The van der Waals surface area contributed by atoms with E-state index in [2.05, 4.69) is 34.6 Å². The first-order valence-corrected chi connectivity index (χ1v) is 7.16. The van der Waals surface area contributed by atoms with Crippen LogP contribution in [0, 0.1) is 5.41 Å². The van der Waals surface area contributed by atoms with Crippen LogP contribution in [0.3, 0.4) is 0 Å². The van der Waals surface area contributed by atoms with E-state index in [0.29, 0.717) is 6.54 Å². The summed E-state index contributed by atoms with van der Waals surface area (Å²) in [6.07, 6.45) is 2.70. The van der Waals surface area contributed by atoms with Gasteiger partial charge >= 0.3 is 5.97 Å². The predicted molar refractivity (Wildman–Crippen MR) is 84.1 cm³/mol. The summed E-state index contributed by atoms with van der Waals surface area (Å²) in [5.74, 6) is -0.193. The second kappa shape index (κ2) is 6.68. The number of esters is 1. The Labute approximate surface area is 125 Å². The van der Waals surface area contributed by atoms with E-state index in [9.17, 15) is 4.79 Å². The summed E-state index contributed by atoms with van der Waals surface area (Å²) in [5.41, 5.74) is 1.76. The lowest BCUT2D eigenvalue weighted by Crippen LogP contribution is -2.37. The molecule has 4 heteroatoms. The number of nitrogens with one attached hydrogen (secondary N) is 1. The largest absolute Gasteiger partial charge is 0.469 e. The van der Waals surface area contributed by atoms with E-state index in [4.69, 9.17) is 4.74 Å². The van der Waals surface area contributed by atoms with E-state index in [-0.39, 0.29) is 5.97 Å². The number of ether oxygens (including phenoxy) is 1. The molecule has 0 spiro atoms. The number of rotatable bonds is 6. The Kier molecular flexibility index (Phi) is 4.91. The molecule has 21 heavy (non-hydrogen) atoms. The number of fused-ring (bicyclic) bond motifs is 1. The van der Waals surface area contributed by atoms with Crippen molar-refractivity contribution in [1.29, 1.82) is 0 Å². The van der Waals surface area contributed by atoms with E-state index in [0.717, 1.165) is 23.9 Å². The van der Waals surface area contributed by atoms with Crippen molar-refractivity contribution in [2.24, 2.45) is 5.41 Å².